The van der Waals surface area contributed by atoms with Crippen LogP contribution in [0.4, 0.5) is 0 Å². The Kier molecular flexibility index (Phi) is 10.4. The SMILES string of the molecule is COc1ccc(OC)c(COCC(O)CN2CCC(Cc3ccccc3)CC2)c1.Cl. The molecular formula is C24H34ClNO4. The van der Waals surface area contributed by atoms with Crippen molar-refractivity contribution in [3.63, 3.8) is 0 Å². The maximum Gasteiger partial charge on any atom is 0.124 e. The summed E-state index contributed by atoms with van der Waals surface area (Å²) in [7, 11) is 3.28. The summed E-state index contributed by atoms with van der Waals surface area (Å²) in [6.45, 7) is 3.44. The molecule has 0 spiro atoms. The lowest BCUT2D eigenvalue weighted by Crippen LogP contribution is -2.40. The second kappa shape index (κ2) is 12.8. The summed E-state index contributed by atoms with van der Waals surface area (Å²) in [4.78, 5) is 2.35. The first kappa shape index (κ1) is 24.5. The number of β-amino-alcohol motifs (C(OH)–C–C–N with tert-alkyl or cyclic N) is 1. The molecule has 5 nitrogen and oxygen atoms in total. The maximum atomic E-state index is 10.4. The lowest BCUT2D eigenvalue weighted by atomic mass is 9.90. The Hall–Kier alpha value is -1.79. The number of hydrogen-bond acceptors (Lipinski definition) is 5. The molecule has 1 fully saturated rings. The van der Waals surface area contributed by atoms with Crippen molar-refractivity contribution in [1.82, 2.24) is 4.90 Å². The zero-order chi connectivity index (χ0) is 20.5. The average molecular weight is 436 g/mol. The summed E-state index contributed by atoms with van der Waals surface area (Å²) in [5.74, 6) is 2.27. The van der Waals surface area contributed by atoms with Crippen LogP contribution in [0.25, 0.3) is 0 Å². The van der Waals surface area contributed by atoms with Crippen LogP contribution in [-0.4, -0.2) is 56.6 Å². The highest BCUT2D eigenvalue weighted by Gasteiger charge is 2.21. The van der Waals surface area contributed by atoms with E-state index in [1.807, 2.05) is 18.2 Å². The van der Waals surface area contributed by atoms with E-state index in [0.717, 1.165) is 42.5 Å². The van der Waals surface area contributed by atoms with Gasteiger partial charge in [-0.3, -0.25) is 0 Å². The lowest BCUT2D eigenvalue weighted by Gasteiger charge is -2.33. The van der Waals surface area contributed by atoms with Gasteiger partial charge in [-0.1, -0.05) is 30.3 Å². The van der Waals surface area contributed by atoms with E-state index in [1.54, 1.807) is 14.2 Å². The zero-order valence-corrected chi connectivity index (χ0v) is 18.8. The molecule has 1 aliphatic heterocycles. The van der Waals surface area contributed by atoms with Crippen molar-refractivity contribution in [3.05, 3.63) is 59.7 Å². The van der Waals surface area contributed by atoms with Crippen molar-refractivity contribution in [2.75, 3.05) is 40.5 Å². The summed E-state index contributed by atoms with van der Waals surface area (Å²) in [5, 5.41) is 10.4. The van der Waals surface area contributed by atoms with Gasteiger partial charge in [0.1, 0.15) is 11.5 Å². The molecule has 1 heterocycles. The molecule has 3 rings (SSSR count). The van der Waals surface area contributed by atoms with Crippen LogP contribution in [0, 0.1) is 5.92 Å². The molecule has 2 aromatic rings. The molecule has 2 aromatic carbocycles. The van der Waals surface area contributed by atoms with Gasteiger partial charge < -0.3 is 24.2 Å². The highest BCUT2D eigenvalue weighted by Crippen LogP contribution is 2.25. The number of hydrogen-bond donors (Lipinski definition) is 1. The molecule has 166 valence electrons. The number of nitrogens with zero attached hydrogens (tertiary/aromatic N) is 1. The first-order chi connectivity index (χ1) is 14.2. The molecule has 1 unspecified atom stereocenters. The minimum atomic E-state index is -0.489. The van der Waals surface area contributed by atoms with Gasteiger partial charge in [-0.2, -0.15) is 0 Å². The van der Waals surface area contributed by atoms with Gasteiger partial charge in [0.2, 0.25) is 0 Å². The number of methoxy groups -OCH3 is 2. The summed E-state index contributed by atoms with van der Waals surface area (Å²) >= 11 is 0. The Morgan fingerprint density at radius 2 is 1.77 bits per heavy atom. The van der Waals surface area contributed by atoms with Gasteiger partial charge in [-0.05, 0) is 62.0 Å². The Morgan fingerprint density at radius 1 is 1.03 bits per heavy atom. The standard InChI is InChI=1S/C24H33NO4.ClH/c1-27-23-8-9-24(28-2)21(15-23)17-29-18-22(26)16-25-12-10-20(11-13-25)14-19-6-4-3-5-7-19;/h3-9,15,20,22,26H,10-14,16-18H2,1-2H3;1H. The monoisotopic (exact) mass is 435 g/mol. The number of benzene rings is 2. The van der Waals surface area contributed by atoms with Gasteiger partial charge in [0.25, 0.3) is 0 Å². The summed E-state index contributed by atoms with van der Waals surface area (Å²) in [6.07, 6.45) is 3.03. The number of ether oxygens (including phenoxy) is 3. The van der Waals surface area contributed by atoms with Crippen molar-refractivity contribution in [3.8, 4) is 11.5 Å². The van der Waals surface area contributed by atoms with E-state index in [2.05, 4.69) is 35.2 Å². The van der Waals surface area contributed by atoms with E-state index in [0.29, 0.717) is 19.8 Å². The van der Waals surface area contributed by atoms with Gasteiger partial charge in [0.15, 0.2) is 0 Å². The number of rotatable bonds is 10. The minimum Gasteiger partial charge on any atom is -0.497 e. The van der Waals surface area contributed by atoms with Crippen LogP contribution in [-0.2, 0) is 17.8 Å². The zero-order valence-electron chi connectivity index (χ0n) is 18.0. The molecule has 1 atom stereocenters. The Balaban J connectivity index is 0.00000320. The van der Waals surface area contributed by atoms with Gasteiger partial charge in [0, 0.05) is 12.1 Å². The topological polar surface area (TPSA) is 51.2 Å². The summed E-state index contributed by atoms with van der Waals surface area (Å²) < 4.78 is 16.4. The molecule has 1 N–H and O–H groups in total. The number of piperidine rings is 1. The van der Waals surface area contributed by atoms with Crippen molar-refractivity contribution in [2.45, 2.75) is 32.0 Å². The third kappa shape index (κ3) is 7.47. The van der Waals surface area contributed by atoms with Crippen LogP contribution in [0.1, 0.15) is 24.0 Å². The molecule has 6 heteroatoms. The summed E-state index contributed by atoms with van der Waals surface area (Å²) in [5.41, 5.74) is 2.34. The second-order valence-corrected chi connectivity index (χ2v) is 7.78. The predicted octanol–water partition coefficient (Wildman–Crippen LogP) is 3.96. The van der Waals surface area contributed by atoms with E-state index in [-0.39, 0.29) is 12.4 Å². The fourth-order valence-corrected chi connectivity index (χ4v) is 3.97. The third-order valence-electron chi connectivity index (χ3n) is 5.60. The minimum absolute atomic E-state index is 0. The second-order valence-electron chi connectivity index (χ2n) is 7.78. The third-order valence-corrected chi connectivity index (χ3v) is 5.60. The van der Waals surface area contributed by atoms with E-state index in [4.69, 9.17) is 14.2 Å². The molecule has 30 heavy (non-hydrogen) atoms. The van der Waals surface area contributed by atoms with E-state index >= 15 is 0 Å². The van der Waals surface area contributed by atoms with Crippen LogP contribution in [0.5, 0.6) is 11.5 Å². The largest absolute Gasteiger partial charge is 0.497 e. The van der Waals surface area contributed by atoms with Crippen LogP contribution in [0.3, 0.4) is 0 Å². The molecule has 0 aromatic heterocycles. The average Bonchev–Trinajstić information content (AvgIpc) is 2.75. The Labute approximate surface area is 186 Å². The normalized spacial score (nSPS) is 16.0. The van der Waals surface area contributed by atoms with E-state index in [9.17, 15) is 5.11 Å². The first-order valence-corrected chi connectivity index (χ1v) is 10.4. The quantitative estimate of drug-likeness (QED) is 0.612. The van der Waals surface area contributed by atoms with Gasteiger partial charge in [-0.25, -0.2) is 0 Å². The van der Waals surface area contributed by atoms with Crippen LogP contribution in [0.15, 0.2) is 48.5 Å². The van der Waals surface area contributed by atoms with Gasteiger partial charge in [-0.15, -0.1) is 12.4 Å². The predicted molar refractivity (Wildman–Crippen MR) is 122 cm³/mol. The maximum absolute atomic E-state index is 10.4. The van der Waals surface area contributed by atoms with Crippen molar-refractivity contribution < 1.29 is 19.3 Å². The molecule has 0 amide bonds. The van der Waals surface area contributed by atoms with Gasteiger partial charge in [0.05, 0.1) is 33.5 Å². The number of likely N-dealkylation sites (tertiary alicyclic amines) is 1. The molecule has 0 radical (unpaired) electrons. The highest BCUT2D eigenvalue weighted by molar-refractivity contribution is 5.85. The Bertz CT molecular complexity index is 735. The number of halogens is 1. The molecule has 1 saturated heterocycles. The van der Waals surface area contributed by atoms with Crippen LogP contribution < -0.4 is 9.47 Å². The number of aliphatic hydroxyl groups is 1. The van der Waals surface area contributed by atoms with Crippen molar-refractivity contribution in [1.29, 1.82) is 0 Å². The lowest BCUT2D eigenvalue weighted by molar-refractivity contribution is 0.00404. The van der Waals surface area contributed by atoms with Gasteiger partial charge >= 0.3 is 0 Å². The highest BCUT2D eigenvalue weighted by atomic mass is 35.5. The fourth-order valence-electron chi connectivity index (χ4n) is 3.97. The molecule has 0 aliphatic carbocycles. The first-order valence-electron chi connectivity index (χ1n) is 10.4. The molecule has 1 aliphatic rings. The van der Waals surface area contributed by atoms with Crippen LogP contribution >= 0.6 is 12.4 Å². The van der Waals surface area contributed by atoms with E-state index < -0.39 is 6.10 Å². The fraction of sp³-hybridized carbons (Fsp3) is 0.500. The van der Waals surface area contributed by atoms with Crippen LogP contribution in [0.2, 0.25) is 0 Å². The van der Waals surface area contributed by atoms with Crippen molar-refractivity contribution >= 4 is 12.4 Å². The smallest absolute Gasteiger partial charge is 0.124 e. The molecular weight excluding hydrogens is 402 g/mol. The van der Waals surface area contributed by atoms with Crippen molar-refractivity contribution in [2.24, 2.45) is 5.92 Å². The Morgan fingerprint density at radius 3 is 2.43 bits per heavy atom. The van der Waals surface area contributed by atoms with E-state index in [1.165, 1.54) is 18.4 Å². The molecule has 0 saturated carbocycles. The molecule has 0 bridgehead atoms. The number of aliphatic hydroxyl groups excluding tert-OH is 1. The summed E-state index contributed by atoms with van der Waals surface area (Å²) in [6, 6.07) is 16.4.